The molecule has 1 atom stereocenters. The number of aromatic nitrogens is 3. The molecule has 6 heteroatoms. The van der Waals surface area contributed by atoms with Crippen molar-refractivity contribution in [1.29, 1.82) is 0 Å². The molecule has 88 valence electrons. The molecule has 0 spiro atoms. The van der Waals surface area contributed by atoms with Gasteiger partial charge < -0.3 is 4.74 Å². The van der Waals surface area contributed by atoms with E-state index in [4.69, 9.17) is 16.3 Å². The molecule has 0 saturated heterocycles. The summed E-state index contributed by atoms with van der Waals surface area (Å²) in [5.41, 5.74) is 0.742. The van der Waals surface area contributed by atoms with E-state index in [0.29, 0.717) is 5.02 Å². The van der Waals surface area contributed by atoms with Crippen molar-refractivity contribution in [2.45, 2.75) is 6.04 Å². The normalized spacial score (nSPS) is 12.1. The molecule has 0 bridgehead atoms. The summed E-state index contributed by atoms with van der Waals surface area (Å²) >= 11 is 5.80. The van der Waals surface area contributed by atoms with Crippen molar-refractivity contribution in [2.75, 3.05) is 7.11 Å². The SMILES string of the molecule is COC(=O)C(c1ccc(Cl)cc1)n1cncn1. The number of hydrogen-bond acceptors (Lipinski definition) is 4. The van der Waals surface area contributed by atoms with E-state index in [1.165, 1.54) is 24.4 Å². The smallest absolute Gasteiger partial charge is 0.335 e. The van der Waals surface area contributed by atoms with Crippen LogP contribution in [0, 0.1) is 0 Å². The van der Waals surface area contributed by atoms with Crippen molar-refractivity contribution in [3.63, 3.8) is 0 Å². The number of carbonyl (C=O) groups excluding carboxylic acids is 1. The molecule has 0 saturated carbocycles. The maximum atomic E-state index is 11.8. The molecule has 17 heavy (non-hydrogen) atoms. The Labute approximate surface area is 103 Å². The molecular formula is C11H10ClN3O2. The van der Waals surface area contributed by atoms with E-state index in [2.05, 4.69) is 10.1 Å². The van der Waals surface area contributed by atoms with Crippen molar-refractivity contribution in [3.8, 4) is 0 Å². The summed E-state index contributed by atoms with van der Waals surface area (Å²) in [7, 11) is 1.34. The molecule has 0 N–H and O–H groups in total. The fourth-order valence-electron chi connectivity index (χ4n) is 1.50. The lowest BCUT2D eigenvalue weighted by atomic mass is 10.1. The Bertz CT molecular complexity index is 496. The standard InChI is InChI=1S/C11H10ClN3O2/c1-17-11(16)10(15-7-13-6-14-15)8-2-4-9(12)5-3-8/h2-7,10H,1H3. The summed E-state index contributed by atoms with van der Waals surface area (Å²) in [5, 5.41) is 4.56. The Kier molecular flexibility index (Phi) is 3.39. The van der Waals surface area contributed by atoms with Gasteiger partial charge in [-0.05, 0) is 17.7 Å². The molecule has 5 nitrogen and oxygen atoms in total. The maximum absolute atomic E-state index is 11.8. The van der Waals surface area contributed by atoms with Gasteiger partial charge in [0.2, 0.25) is 0 Å². The highest BCUT2D eigenvalue weighted by Crippen LogP contribution is 2.20. The molecular weight excluding hydrogens is 242 g/mol. The minimum absolute atomic E-state index is 0.405. The van der Waals surface area contributed by atoms with Gasteiger partial charge in [-0.25, -0.2) is 14.5 Å². The van der Waals surface area contributed by atoms with Crippen LogP contribution < -0.4 is 0 Å². The van der Waals surface area contributed by atoms with E-state index in [1.54, 1.807) is 24.3 Å². The van der Waals surface area contributed by atoms with Crippen LogP contribution >= 0.6 is 11.6 Å². The van der Waals surface area contributed by atoms with Crippen molar-refractivity contribution < 1.29 is 9.53 Å². The van der Waals surface area contributed by atoms with Crippen molar-refractivity contribution in [1.82, 2.24) is 14.8 Å². The third-order valence-corrected chi connectivity index (χ3v) is 2.56. The molecule has 0 amide bonds. The molecule has 1 aromatic carbocycles. The first-order valence-corrected chi connectivity index (χ1v) is 5.27. The van der Waals surface area contributed by atoms with Crippen LogP contribution in [-0.2, 0) is 9.53 Å². The topological polar surface area (TPSA) is 57.0 Å². The Hall–Kier alpha value is -1.88. The zero-order chi connectivity index (χ0) is 12.3. The van der Waals surface area contributed by atoms with Crippen molar-refractivity contribution in [2.24, 2.45) is 0 Å². The van der Waals surface area contributed by atoms with E-state index in [-0.39, 0.29) is 0 Å². The van der Waals surface area contributed by atoms with Crippen LogP contribution in [0.1, 0.15) is 11.6 Å². The number of benzene rings is 1. The molecule has 0 fully saturated rings. The highest BCUT2D eigenvalue weighted by molar-refractivity contribution is 6.30. The Morgan fingerprint density at radius 1 is 1.41 bits per heavy atom. The number of rotatable bonds is 3. The van der Waals surface area contributed by atoms with Gasteiger partial charge in [0.15, 0.2) is 6.04 Å². The van der Waals surface area contributed by atoms with Gasteiger partial charge in [-0.15, -0.1) is 0 Å². The number of nitrogens with zero attached hydrogens (tertiary/aromatic N) is 3. The Morgan fingerprint density at radius 3 is 2.65 bits per heavy atom. The zero-order valence-electron chi connectivity index (χ0n) is 9.08. The Morgan fingerprint density at radius 2 is 2.12 bits per heavy atom. The molecule has 0 aliphatic carbocycles. The first-order chi connectivity index (χ1) is 8.22. The highest BCUT2D eigenvalue weighted by atomic mass is 35.5. The lowest BCUT2D eigenvalue weighted by molar-refractivity contribution is -0.143. The van der Waals surface area contributed by atoms with Crippen LogP contribution in [0.3, 0.4) is 0 Å². The van der Waals surface area contributed by atoms with E-state index in [1.807, 2.05) is 0 Å². The average molecular weight is 252 g/mol. The molecule has 0 aliphatic heterocycles. The number of halogens is 1. The largest absolute Gasteiger partial charge is 0.467 e. The summed E-state index contributed by atoms with van der Waals surface area (Å²) in [6.07, 6.45) is 2.84. The average Bonchev–Trinajstić information content (AvgIpc) is 2.85. The summed E-state index contributed by atoms with van der Waals surface area (Å²) in [6.45, 7) is 0. The summed E-state index contributed by atoms with van der Waals surface area (Å²) in [5.74, 6) is -0.405. The van der Waals surface area contributed by atoms with E-state index in [0.717, 1.165) is 5.56 Å². The second-order valence-electron chi connectivity index (χ2n) is 3.35. The number of carbonyl (C=O) groups is 1. The maximum Gasteiger partial charge on any atom is 0.335 e. The van der Waals surface area contributed by atoms with Gasteiger partial charge in [-0.3, -0.25) is 0 Å². The Balaban J connectivity index is 2.40. The van der Waals surface area contributed by atoms with E-state index < -0.39 is 12.0 Å². The van der Waals surface area contributed by atoms with Gasteiger partial charge in [0.25, 0.3) is 0 Å². The molecule has 2 rings (SSSR count). The fraction of sp³-hybridized carbons (Fsp3) is 0.182. The van der Waals surface area contributed by atoms with E-state index in [9.17, 15) is 4.79 Å². The minimum Gasteiger partial charge on any atom is -0.467 e. The third kappa shape index (κ3) is 2.45. The first-order valence-electron chi connectivity index (χ1n) is 4.90. The summed E-state index contributed by atoms with van der Waals surface area (Å²) < 4.78 is 6.20. The number of esters is 1. The minimum atomic E-state index is -0.639. The van der Waals surface area contributed by atoms with Crippen LogP contribution in [-0.4, -0.2) is 27.8 Å². The lowest BCUT2D eigenvalue weighted by Crippen LogP contribution is -2.22. The predicted octanol–water partition coefficient (Wildman–Crippen LogP) is 1.69. The van der Waals surface area contributed by atoms with Gasteiger partial charge >= 0.3 is 5.97 Å². The van der Waals surface area contributed by atoms with Gasteiger partial charge in [0.1, 0.15) is 12.7 Å². The quantitative estimate of drug-likeness (QED) is 0.779. The second kappa shape index (κ2) is 4.97. The lowest BCUT2D eigenvalue weighted by Gasteiger charge is -2.14. The van der Waals surface area contributed by atoms with Crippen LogP contribution in [0.5, 0.6) is 0 Å². The van der Waals surface area contributed by atoms with Crippen molar-refractivity contribution in [3.05, 3.63) is 47.5 Å². The summed E-state index contributed by atoms with van der Waals surface area (Å²) in [4.78, 5) is 15.6. The molecule has 1 heterocycles. The first kappa shape index (κ1) is 11.6. The van der Waals surface area contributed by atoms with Crippen LogP contribution in [0.25, 0.3) is 0 Å². The predicted molar refractivity (Wildman–Crippen MR) is 61.6 cm³/mol. The van der Waals surface area contributed by atoms with Crippen molar-refractivity contribution >= 4 is 17.6 Å². The molecule has 2 aromatic rings. The number of ether oxygens (including phenoxy) is 1. The molecule has 1 aromatic heterocycles. The van der Waals surface area contributed by atoms with Crippen LogP contribution in [0.15, 0.2) is 36.9 Å². The third-order valence-electron chi connectivity index (χ3n) is 2.31. The van der Waals surface area contributed by atoms with Crippen LogP contribution in [0.4, 0.5) is 0 Å². The number of methoxy groups -OCH3 is 1. The monoisotopic (exact) mass is 251 g/mol. The van der Waals surface area contributed by atoms with Gasteiger partial charge in [-0.1, -0.05) is 23.7 Å². The molecule has 0 aliphatic rings. The molecule has 1 unspecified atom stereocenters. The van der Waals surface area contributed by atoms with Crippen LogP contribution in [0.2, 0.25) is 5.02 Å². The summed E-state index contributed by atoms with van der Waals surface area (Å²) in [6, 6.07) is 6.30. The van der Waals surface area contributed by atoms with Gasteiger partial charge in [0, 0.05) is 5.02 Å². The number of hydrogen-bond donors (Lipinski definition) is 0. The highest BCUT2D eigenvalue weighted by Gasteiger charge is 2.23. The van der Waals surface area contributed by atoms with Gasteiger partial charge in [0.05, 0.1) is 7.11 Å². The molecule has 0 radical (unpaired) electrons. The van der Waals surface area contributed by atoms with Gasteiger partial charge in [-0.2, -0.15) is 5.10 Å². The second-order valence-corrected chi connectivity index (χ2v) is 3.79. The fourth-order valence-corrected chi connectivity index (χ4v) is 1.63. The zero-order valence-corrected chi connectivity index (χ0v) is 9.83. The van der Waals surface area contributed by atoms with E-state index >= 15 is 0 Å².